The van der Waals surface area contributed by atoms with Crippen LogP contribution >= 0.6 is 27.4 Å². The lowest BCUT2D eigenvalue weighted by Crippen LogP contribution is -2.37. The third-order valence-electron chi connectivity index (χ3n) is 1.93. The van der Waals surface area contributed by atoms with E-state index in [1.165, 1.54) is 0 Å². The number of thiocarbonyl (C=S) groups is 1. The number of nitrogens with one attached hydrogen (secondary N) is 2. The van der Waals surface area contributed by atoms with Crippen molar-refractivity contribution in [2.24, 2.45) is 0 Å². The summed E-state index contributed by atoms with van der Waals surface area (Å²) in [6.45, 7) is 0. The Balaban J connectivity index is 2.79. The molecule has 0 aliphatic rings. The molecule has 0 radical (unpaired) electrons. The maximum Gasteiger partial charge on any atom is 0.360 e. The Bertz CT molecular complexity index is 519. The Morgan fingerprint density at radius 1 is 1.05 bits per heavy atom. The molecule has 0 aromatic heterocycles. The number of hydrogen-bond acceptors (Lipinski definition) is 3. The predicted octanol–water partition coefficient (Wildman–Crippen LogP) is 0.612. The lowest BCUT2D eigenvalue weighted by molar-refractivity contribution is 0.335. The van der Waals surface area contributed by atoms with Crippen molar-refractivity contribution >= 4 is 38.2 Å². The second kappa shape index (κ2) is 6.11. The molecular weight excluding hydrogens is 314 g/mol. The Labute approximate surface area is 114 Å². The van der Waals surface area contributed by atoms with Gasteiger partial charge in [-0.3, -0.25) is 9.13 Å². The maximum absolute atomic E-state index is 11.0. The van der Waals surface area contributed by atoms with E-state index in [0.29, 0.717) is 5.69 Å². The molecule has 19 heavy (non-hydrogen) atoms. The zero-order valence-electron chi connectivity index (χ0n) is 9.37. The highest BCUT2D eigenvalue weighted by molar-refractivity contribution is 7.80. The Kier molecular flexibility index (Phi) is 5.23. The smallest absolute Gasteiger partial charge is 0.339 e. The largest absolute Gasteiger partial charge is 0.360 e. The van der Waals surface area contributed by atoms with Crippen LogP contribution in [0.25, 0.3) is 0 Å². The molecule has 0 fully saturated rings. The van der Waals surface area contributed by atoms with Crippen LogP contribution in [-0.4, -0.2) is 30.2 Å². The first-order valence-corrected chi connectivity index (χ1v) is 8.61. The molecule has 8 nitrogen and oxygen atoms in total. The van der Waals surface area contributed by atoms with Gasteiger partial charge in [0.25, 0.3) is 0 Å². The molecule has 0 spiro atoms. The molecule has 1 aromatic rings. The van der Waals surface area contributed by atoms with Gasteiger partial charge in [0.15, 0.2) is 5.11 Å². The minimum Gasteiger partial charge on any atom is -0.339 e. The summed E-state index contributed by atoms with van der Waals surface area (Å²) >= 11 is 4.74. The fourth-order valence-electron chi connectivity index (χ4n) is 1.17. The van der Waals surface area contributed by atoms with Gasteiger partial charge in [-0.25, -0.2) is 0 Å². The van der Waals surface area contributed by atoms with Gasteiger partial charge in [0.2, 0.25) is 5.52 Å². The third-order valence-corrected chi connectivity index (χ3v) is 5.49. The zero-order chi connectivity index (χ0) is 14.7. The van der Waals surface area contributed by atoms with Crippen LogP contribution in [-0.2, 0) is 9.13 Å². The van der Waals surface area contributed by atoms with Crippen molar-refractivity contribution in [3.8, 4) is 0 Å². The minimum atomic E-state index is -5.06. The third kappa shape index (κ3) is 5.38. The highest BCUT2D eigenvalue weighted by Gasteiger charge is 2.44. The molecule has 0 bridgehead atoms. The maximum atomic E-state index is 11.0. The van der Waals surface area contributed by atoms with Crippen molar-refractivity contribution in [3.05, 3.63) is 30.3 Å². The summed E-state index contributed by atoms with van der Waals surface area (Å²) in [5, 5.41) is 4.19. The van der Waals surface area contributed by atoms with Crippen LogP contribution in [0.5, 0.6) is 0 Å². The summed E-state index contributed by atoms with van der Waals surface area (Å²) in [7, 11) is -10.1. The zero-order valence-corrected chi connectivity index (χ0v) is 12.0. The van der Waals surface area contributed by atoms with Gasteiger partial charge in [0, 0.05) is 5.69 Å². The van der Waals surface area contributed by atoms with Crippen LogP contribution in [0, 0.1) is 0 Å². The number of rotatable bonds is 4. The molecule has 0 unspecified atom stereocenters. The van der Waals surface area contributed by atoms with E-state index < -0.39 is 20.7 Å². The number of anilines is 1. The summed E-state index contributed by atoms with van der Waals surface area (Å²) in [6, 6.07) is 8.37. The van der Waals surface area contributed by atoms with E-state index in [0.717, 1.165) is 0 Å². The standard InChI is InChI=1S/C8H12N2O6P2S/c11-17(12,13)8(18(14,15)16)10-7(19)9-6-4-2-1-3-5-6/h1-5,8H,(H2,9,10,19)(H2,11,12,13)(H2,14,15,16). The molecule has 0 saturated heterocycles. The normalized spacial score (nSPS) is 12.3. The number of benzene rings is 1. The molecule has 1 rings (SSSR count). The van der Waals surface area contributed by atoms with Gasteiger partial charge in [-0.1, -0.05) is 18.2 Å². The SMILES string of the molecule is O=P(O)(O)C(NC(=S)Nc1ccccc1)P(=O)(O)O. The average Bonchev–Trinajstić information content (AvgIpc) is 2.24. The van der Waals surface area contributed by atoms with Crippen molar-refractivity contribution in [3.63, 3.8) is 0 Å². The van der Waals surface area contributed by atoms with Crippen molar-refractivity contribution in [2.75, 3.05) is 5.32 Å². The first-order chi connectivity index (χ1) is 8.60. The molecule has 106 valence electrons. The van der Waals surface area contributed by atoms with E-state index in [4.69, 9.17) is 31.8 Å². The number of hydrogen-bond donors (Lipinski definition) is 6. The lowest BCUT2D eigenvalue weighted by atomic mass is 10.3. The minimum absolute atomic E-state index is 0.303. The lowest BCUT2D eigenvalue weighted by Gasteiger charge is -2.22. The van der Waals surface area contributed by atoms with E-state index in [1.54, 1.807) is 30.3 Å². The van der Waals surface area contributed by atoms with Gasteiger partial charge in [0.05, 0.1) is 0 Å². The van der Waals surface area contributed by atoms with Crippen LogP contribution < -0.4 is 10.6 Å². The van der Waals surface area contributed by atoms with Crippen LogP contribution in [0.2, 0.25) is 0 Å². The van der Waals surface area contributed by atoms with Crippen LogP contribution in [0.3, 0.4) is 0 Å². The first kappa shape index (κ1) is 16.3. The Morgan fingerprint density at radius 3 is 1.95 bits per heavy atom. The second-order valence-corrected chi connectivity index (χ2v) is 7.72. The molecule has 0 saturated carbocycles. The molecule has 0 amide bonds. The van der Waals surface area contributed by atoms with E-state index in [2.05, 4.69) is 5.32 Å². The molecule has 0 atom stereocenters. The van der Waals surface area contributed by atoms with Gasteiger partial charge >= 0.3 is 15.2 Å². The monoisotopic (exact) mass is 326 g/mol. The molecule has 0 aliphatic carbocycles. The summed E-state index contributed by atoms with van der Waals surface area (Å²) in [5.74, 6) is 0. The number of para-hydroxylation sites is 1. The highest BCUT2D eigenvalue weighted by Crippen LogP contribution is 2.58. The highest BCUT2D eigenvalue weighted by atomic mass is 32.1. The second-order valence-electron chi connectivity index (χ2n) is 3.52. The summed E-state index contributed by atoms with van der Waals surface area (Å²) < 4.78 is 22.0. The van der Waals surface area contributed by atoms with E-state index >= 15 is 0 Å². The van der Waals surface area contributed by atoms with Gasteiger partial charge in [-0.05, 0) is 24.4 Å². The molecule has 11 heteroatoms. The molecular formula is C8H12N2O6P2S. The average molecular weight is 326 g/mol. The fraction of sp³-hybridized carbons (Fsp3) is 0.125. The fourth-order valence-corrected chi connectivity index (χ4v) is 3.74. The van der Waals surface area contributed by atoms with Gasteiger partial charge < -0.3 is 30.2 Å². The van der Waals surface area contributed by atoms with Crippen molar-refractivity contribution in [2.45, 2.75) is 5.52 Å². The van der Waals surface area contributed by atoms with E-state index in [1.807, 2.05) is 5.32 Å². The molecule has 0 heterocycles. The quantitative estimate of drug-likeness (QED) is 0.347. The van der Waals surface area contributed by atoms with Crippen molar-refractivity contribution in [1.82, 2.24) is 5.32 Å². The Morgan fingerprint density at radius 2 is 1.53 bits per heavy atom. The molecule has 6 N–H and O–H groups in total. The van der Waals surface area contributed by atoms with Gasteiger partial charge in [-0.2, -0.15) is 0 Å². The molecule has 0 aliphatic heterocycles. The summed E-state index contributed by atoms with van der Waals surface area (Å²) in [4.78, 5) is 35.6. The van der Waals surface area contributed by atoms with Crippen LogP contribution in [0.1, 0.15) is 0 Å². The van der Waals surface area contributed by atoms with Crippen LogP contribution in [0.15, 0.2) is 30.3 Å². The van der Waals surface area contributed by atoms with Gasteiger partial charge in [-0.15, -0.1) is 0 Å². The Hall–Kier alpha value is -0.790. The van der Waals surface area contributed by atoms with E-state index in [9.17, 15) is 9.13 Å². The van der Waals surface area contributed by atoms with E-state index in [-0.39, 0.29) is 5.11 Å². The summed E-state index contributed by atoms with van der Waals surface area (Å²) in [5.41, 5.74) is -1.86. The topological polar surface area (TPSA) is 139 Å². The molecule has 1 aromatic carbocycles. The predicted molar refractivity (Wildman–Crippen MR) is 73.7 cm³/mol. The van der Waals surface area contributed by atoms with Crippen molar-refractivity contribution < 1.29 is 28.7 Å². The first-order valence-electron chi connectivity index (χ1n) is 4.84. The van der Waals surface area contributed by atoms with Crippen LogP contribution in [0.4, 0.5) is 5.69 Å². The van der Waals surface area contributed by atoms with Crippen molar-refractivity contribution in [1.29, 1.82) is 0 Å². The van der Waals surface area contributed by atoms with Gasteiger partial charge in [0.1, 0.15) is 0 Å². The summed E-state index contributed by atoms with van der Waals surface area (Å²) in [6.07, 6.45) is 0.